The third-order valence-electron chi connectivity index (χ3n) is 3.79. The van der Waals surface area contributed by atoms with Gasteiger partial charge < -0.3 is 10.2 Å². The molecule has 0 aromatic rings. The van der Waals surface area contributed by atoms with E-state index in [9.17, 15) is 10.2 Å². The summed E-state index contributed by atoms with van der Waals surface area (Å²) < 4.78 is 0. The van der Waals surface area contributed by atoms with Crippen LogP contribution in [-0.2, 0) is 0 Å². The highest BCUT2D eigenvalue weighted by Gasteiger charge is 2.16. The fourth-order valence-corrected chi connectivity index (χ4v) is 2.48. The van der Waals surface area contributed by atoms with Gasteiger partial charge in [0.25, 0.3) is 0 Å². The zero-order valence-electron chi connectivity index (χ0n) is 12.5. The molecule has 0 bridgehead atoms. The van der Waals surface area contributed by atoms with E-state index >= 15 is 0 Å². The largest absolute Gasteiger partial charge is 0.396 e. The summed E-state index contributed by atoms with van der Waals surface area (Å²) in [7, 11) is 0. The number of rotatable bonds is 13. The van der Waals surface area contributed by atoms with Gasteiger partial charge in [0.05, 0.1) is 6.10 Å². The van der Waals surface area contributed by atoms with E-state index in [1.54, 1.807) is 0 Å². The topological polar surface area (TPSA) is 40.5 Å². The summed E-state index contributed by atoms with van der Waals surface area (Å²) in [5.41, 5.74) is 0. The van der Waals surface area contributed by atoms with Gasteiger partial charge in [0.2, 0.25) is 0 Å². The van der Waals surface area contributed by atoms with E-state index < -0.39 is 0 Å². The predicted molar refractivity (Wildman–Crippen MR) is 78.7 cm³/mol. The highest BCUT2D eigenvalue weighted by molar-refractivity contribution is 4.67. The minimum atomic E-state index is -0.301. The van der Waals surface area contributed by atoms with E-state index in [1.807, 2.05) is 0 Å². The highest BCUT2D eigenvalue weighted by atomic mass is 16.3. The third kappa shape index (κ3) is 9.90. The van der Waals surface area contributed by atoms with E-state index in [-0.39, 0.29) is 18.6 Å². The van der Waals surface area contributed by atoms with Crippen molar-refractivity contribution in [2.75, 3.05) is 6.61 Å². The molecule has 18 heavy (non-hydrogen) atoms. The van der Waals surface area contributed by atoms with Crippen LogP contribution in [0.5, 0.6) is 0 Å². The molecule has 2 heteroatoms. The first-order chi connectivity index (χ1) is 8.76. The molecule has 0 aliphatic heterocycles. The number of aliphatic hydroxyl groups is 2. The van der Waals surface area contributed by atoms with Crippen LogP contribution in [0.25, 0.3) is 0 Å². The van der Waals surface area contributed by atoms with Gasteiger partial charge in [-0.3, -0.25) is 0 Å². The molecule has 0 rings (SSSR count). The van der Waals surface area contributed by atoms with Gasteiger partial charge in [-0.05, 0) is 12.8 Å². The molecule has 0 amide bonds. The van der Waals surface area contributed by atoms with Gasteiger partial charge in [-0.2, -0.15) is 0 Å². The Morgan fingerprint density at radius 1 is 0.722 bits per heavy atom. The zero-order valence-corrected chi connectivity index (χ0v) is 12.5. The lowest BCUT2D eigenvalue weighted by Crippen LogP contribution is -2.23. The maximum atomic E-state index is 9.85. The Hall–Kier alpha value is -0.0800. The maximum Gasteiger partial charge on any atom is 0.0590 e. The third-order valence-corrected chi connectivity index (χ3v) is 3.79. The van der Waals surface area contributed by atoms with E-state index in [0.29, 0.717) is 0 Å². The molecule has 0 fully saturated rings. The minimum absolute atomic E-state index is 0.102. The van der Waals surface area contributed by atoms with Crippen molar-refractivity contribution >= 4 is 0 Å². The monoisotopic (exact) mass is 258 g/mol. The lowest BCUT2D eigenvalue weighted by atomic mass is 9.93. The van der Waals surface area contributed by atoms with Crippen molar-refractivity contribution in [3.05, 3.63) is 0 Å². The first-order valence-electron chi connectivity index (χ1n) is 8.05. The van der Waals surface area contributed by atoms with Gasteiger partial charge in [-0.1, -0.05) is 71.6 Å². The Labute approximate surface area is 114 Å². The Morgan fingerprint density at radius 3 is 1.78 bits per heavy atom. The van der Waals surface area contributed by atoms with Crippen molar-refractivity contribution in [1.29, 1.82) is 0 Å². The van der Waals surface area contributed by atoms with Crippen LogP contribution in [0.1, 0.15) is 84.5 Å². The normalized spacial score (nSPS) is 14.7. The molecule has 2 atom stereocenters. The second-order valence-corrected chi connectivity index (χ2v) is 5.56. The first-order valence-corrected chi connectivity index (χ1v) is 8.05. The summed E-state index contributed by atoms with van der Waals surface area (Å²) in [6.07, 6.45) is 13.0. The molecule has 0 aromatic carbocycles. The predicted octanol–water partition coefficient (Wildman–Crippen LogP) is 4.29. The van der Waals surface area contributed by atoms with Gasteiger partial charge in [-0.15, -0.1) is 0 Å². The van der Waals surface area contributed by atoms with E-state index in [0.717, 1.165) is 25.7 Å². The van der Waals surface area contributed by atoms with Crippen LogP contribution in [0, 0.1) is 5.92 Å². The lowest BCUT2D eigenvalue weighted by molar-refractivity contribution is 0.0543. The molecule has 0 aliphatic carbocycles. The average molecular weight is 258 g/mol. The molecule has 110 valence electrons. The van der Waals surface area contributed by atoms with Gasteiger partial charge in [0.15, 0.2) is 0 Å². The Morgan fingerprint density at radius 2 is 1.28 bits per heavy atom. The molecular formula is C16H34O2. The van der Waals surface area contributed by atoms with Crippen LogP contribution in [0.15, 0.2) is 0 Å². The maximum absolute atomic E-state index is 9.85. The van der Waals surface area contributed by atoms with Crippen molar-refractivity contribution in [2.45, 2.75) is 90.6 Å². The molecule has 2 N–H and O–H groups in total. The molecule has 0 aliphatic rings. The number of hydrogen-bond donors (Lipinski definition) is 2. The Bertz CT molecular complexity index is 159. The second-order valence-electron chi connectivity index (χ2n) is 5.56. The second kappa shape index (κ2) is 13.4. The van der Waals surface area contributed by atoms with Crippen molar-refractivity contribution in [3.8, 4) is 0 Å². The van der Waals surface area contributed by atoms with Crippen LogP contribution in [0.2, 0.25) is 0 Å². The van der Waals surface area contributed by atoms with E-state index in [4.69, 9.17) is 0 Å². The van der Waals surface area contributed by atoms with Gasteiger partial charge >= 0.3 is 0 Å². The Balaban J connectivity index is 3.39. The Kier molecular flexibility index (Phi) is 13.3. The van der Waals surface area contributed by atoms with Gasteiger partial charge in [0, 0.05) is 12.5 Å². The molecule has 0 radical (unpaired) electrons. The summed E-state index contributed by atoms with van der Waals surface area (Å²) in [6.45, 7) is 4.46. The number of hydrogen-bond acceptors (Lipinski definition) is 2. The van der Waals surface area contributed by atoms with E-state index in [2.05, 4.69) is 13.8 Å². The molecular weight excluding hydrogens is 224 g/mol. The van der Waals surface area contributed by atoms with Gasteiger partial charge in [0.1, 0.15) is 0 Å². The zero-order chi connectivity index (χ0) is 13.6. The summed E-state index contributed by atoms with van der Waals surface area (Å²) in [5, 5.41) is 19.1. The molecule has 0 heterocycles. The number of aliphatic hydroxyl groups excluding tert-OH is 2. The van der Waals surface area contributed by atoms with E-state index in [1.165, 1.54) is 44.9 Å². The summed E-state index contributed by atoms with van der Waals surface area (Å²) in [6, 6.07) is 0. The molecule has 0 aromatic heterocycles. The van der Waals surface area contributed by atoms with Crippen LogP contribution in [0.3, 0.4) is 0 Å². The van der Waals surface area contributed by atoms with Crippen molar-refractivity contribution in [1.82, 2.24) is 0 Å². The summed E-state index contributed by atoms with van der Waals surface area (Å²) >= 11 is 0. The summed E-state index contributed by atoms with van der Waals surface area (Å²) in [4.78, 5) is 0. The smallest absolute Gasteiger partial charge is 0.0590 e. The van der Waals surface area contributed by atoms with Crippen molar-refractivity contribution < 1.29 is 10.2 Å². The quantitative estimate of drug-likeness (QED) is 0.484. The molecule has 0 spiro atoms. The molecule has 2 nitrogen and oxygen atoms in total. The fourth-order valence-electron chi connectivity index (χ4n) is 2.48. The van der Waals surface area contributed by atoms with Crippen LogP contribution in [-0.4, -0.2) is 22.9 Å². The number of unbranched alkanes of at least 4 members (excludes halogenated alkanes) is 7. The van der Waals surface area contributed by atoms with Crippen molar-refractivity contribution in [3.63, 3.8) is 0 Å². The standard InChI is InChI=1S/C16H34O2/c1-3-5-6-7-8-9-10-11-13-15(14-17)16(18)12-4-2/h15-18H,3-14H2,1-2H3. The van der Waals surface area contributed by atoms with Crippen molar-refractivity contribution in [2.24, 2.45) is 5.92 Å². The molecule has 0 saturated carbocycles. The van der Waals surface area contributed by atoms with Crippen LogP contribution < -0.4 is 0 Å². The minimum Gasteiger partial charge on any atom is -0.396 e. The fraction of sp³-hybridized carbons (Fsp3) is 1.00. The average Bonchev–Trinajstić information content (AvgIpc) is 2.37. The molecule has 2 unspecified atom stereocenters. The highest BCUT2D eigenvalue weighted by Crippen LogP contribution is 2.18. The summed E-state index contributed by atoms with van der Waals surface area (Å²) in [5.74, 6) is 0.102. The first kappa shape index (κ1) is 17.9. The lowest BCUT2D eigenvalue weighted by Gasteiger charge is -2.20. The van der Waals surface area contributed by atoms with Crippen LogP contribution >= 0.6 is 0 Å². The van der Waals surface area contributed by atoms with Crippen LogP contribution in [0.4, 0.5) is 0 Å². The SMILES string of the molecule is CCCCCCCCCCC(CO)C(O)CCC. The molecule has 0 saturated heterocycles. The van der Waals surface area contributed by atoms with Gasteiger partial charge in [-0.25, -0.2) is 0 Å².